The molecule has 1 unspecified atom stereocenters. The third-order valence-electron chi connectivity index (χ3n) is 1.71. The smallest absolute Gasteiger partial charge is 0.310 e. The Morgan fingerprint density at radius 3 is 2.57 bits per heavy atom. The van der Waals surface area contributed by atoms with Gasteiger partial charge in [0.2, 0.25) is 0 Å². The normalized spacial score (nSPS) is 12.5. The zero-order valence-corrected chi connectivity index (χ0v) is 9.25. The van der Waals surface area contributed by atoms with Gasteiger partial charge in [-0.1, -0.05) is 13.3 Å². The second kappa shape index (κ2) is 8.97. The first-order chi connectivity index (χ1) is 6.74. The molecule has 0 bridgehead atoms. The summed E-state index contributed by atoms with van der Waals surface area (Å²) in [5.41, 5.74) is 0. The van der Waals surface area contributed by atoms with E-state index in [4.69, 9.17) is 14.2 Å². The van der Waals surface area contributed by atoms with Crippen LogP contribution in [0, 0.1) is 0 Å². The summed E-state index contributed by atoms with van der Waals surface area (Å²) in [6.45, 7) is 4.92. The minimum atomic E-state index is -0.478. The molecule has 0 saturated heterocycles. The van der Waals surface area contributed by atoms with E-state index in [1.165, 1.54) is 7.11 Å². The molecule has 0 N–H and O–H groups in total. The summed E-state index contributed by atoms with van der Waals surface area (Å²) >= 11 is 0. The van der Waals surface area contributed by atoms with Crippen molar-refractivity contribution < 1.29 is 19.0 Å². The van der Waals surface area contributed by atoms with Crippen molar-refractivity contribution >= 4 is 5.97 Å². The van der Waals surface area contributed by atoms with Crippen LogP contribution in [0.15, 0.2) is 0 Å². The predicted molar refractivity (Wildman–Crippen MR) is 52.9 cm³/mol. The van der Waals surface area contributed by atoms with E-state index < -0.39 is 6.29 Å². The van der Waals surface area contributed by atoms with E-state index in [2.05, 4.69) is 0 Å². The molecule has 0 spiro atoms. The third kappa shape index (κ3) is 6.86. The summed E-state index contributed by atoms with van der Waals surface area (Å²) in [6, 6.07) is 0. The largest absolute Gasteiger partial charge is 0.466 e. The summed E-state index contributed by atoms with van der Waals surface area (Å²) < 4.78 is 15.1. The molecule has 14 heavy (non-hydrogen) atoms. The molecule has 0 saturated carbocycles. The highest BCUT2D eigenvalue weighted by Gasteiger charge is 2.13. The first-order valence-corrected chi connectivity index (χ1v) is 5.04. The Bertz CT molecular complexity index is 147. The highest BCUT2D eigenvalue weighted by atomic mass is 16.7. The van der Waals surface area contributed by atoms with Gasteiger partial charge in [-0.3, -0.25) is 4.79 Å². The number of unbranched alkanes of at least 4 members (excludes halogenated alkanes) is 1. The average Bonchev–Trinajstić information content (AvgIpc) is 2.17. The Kier molecular flexibility index (Phi) is 8.57. The van der Waals surface area contributed by atoms with Gasteiger partial charge in [0.05, 0.1) is 13.0 Å². The van der Waals surface area contributed by atoms with Crippen molar-refractivity contribution in [2.45, 2.75) is 39.4 Å². The second-order valence-electron chi connectivity index (χ2n) is 2.90. The van der Waals surface area contributed by atoms with Crippen molar-refractivity contribution in [3.8, 4) is 0 Å². The molecule has 4 heteroatoms. The van der Waals surface area contributed by atoms with Crippen molar-refractivity contribution in [3.63, 3.8) is 0 Å². The standard InChI is InChI=1S/C10H20O4/c1-4-6-7-14-9(11)8-10(12-3)13-5-2/h10H,4-8H2,1-3H3. The molecule has 1 atom stereocenters. The molecule has 0 heterocycles. The van der Waals surface area contributed by atoms with Gasteiger partial charge in [-0.2, -0.15) is 0 Å². The molecule has 0 amide bonds. The number of carbonyl (C=O) groups excluding carboxylic acids is 1. The van der Waals surface area contributed by atoms with Crippen LogP contribution in [-0.4, -0.2) is 32.6 Å². The zero-order valence-electron chi connectivity index (χ0n) is 9.25. The van der Waals surface area contributed by atoms with Crippen LogP contribution in [0.4, 0.5) is 0 Å². The van der Waals surface area contributed by atoms with Gasteiger partial charge in [-0.25, -0.2) is 0 Å². The molecule has 4 nitrogen and oxygen atoms in total. The van der Waals surface area contributed by atoms with Crippen LogP contribution in [0.25, 0.3) is 0 Å². The van der Waals surface area contributed by atoms with Crippen LogP contribution in [0.5, 0.6) is 0 Å². The van der Waals surface area contributed by atoms with Crippen LogP contribution in [0.1, 0.15) is 33.1 Å². The number of methoxy groups -OCH3 is 1. The van der Waals surface area contributed by atoms with Gasteiger partial charge in [-0.15, -0.1) is 0 Å². The van der Waals surface area contributed by atoms with Crippen LogP contribution < -0.4 is 0 Å². The van der Waals surface area contributed by atoms with E-state index >= 15 is 0 Å². The second-order valence-corrected chi connectivity index (χ2v) is 2.90. The van der Waals surface area contributed by atoms with Crippen LogP contribution >= 0.6 is 0 Å². The Hall–Kier alpha value is -0.610. The SMILES string of the molecule is CCCCOC(=O)CC(OC)OCC. The van der Waals surface area contributed by atoms with Gasteiger partial charge >= 0.3 is 5.97 Å². The lowest BCUT2D eigenvalue weighted by Crippen LogP contribution is -2.21. The lowest BCUT2D eigenvalue weighted by Gasteiger charge is -2.13. The molecule has 0 aliphatic heterocycles. The number of hydrogen-bond acceptors (Lipinski definition) is 4. The van der Waals surface area contributed by atoms with Gasteiger partial charge < -0.3 is 14.2 Å². The maximum absolute atomic E-state index is 11.2. The number of hydrogen-bond donors (Lipinski definition) is 0. The molecule has 0 radical (unpaired) electrons. The summed E-state index contributed by atoms with van der Waals surface area (Å²) in [5.74, 6) is -0.265. The van der Waals surface area contributed by atoms with Crippen molar-refractivity contribution in [1.29, 1.82) is 0 Å². The fourth-order valence-electron chi connectivity index (χ4n) is 0.922. The van der Waals surface area contributed by atoms with E-state index in [-0.39, 0.29) is 12.4 Å². The van der Waals surface area contributed by atoms with Gasteiger partial charge in [0.1, 0.15) is 0 Å². The van der Waals surface area contributed by atoms with Crippen LogP contribution in [-0.2, 0) is 19.0 Å². The van der Waals surface area contributed by atoms with Gasteiger partial charge in [0.15, 0.2) is 6.29 Å². The number of esters is 1. The first kappa shape index (κ1) is 13.4. The van der Waals surface area contributed by atoms with Crippen LogP contribution in [0.2, 0.25) is 0 Å². The molecule has 0 rings (SSSR count). The molecular formula is C10H20O4. The average molecular weight is 204 g/mol. The molecule has 0 aliphatic carbocycles. The summed E-state index contributed by atoms with van der Waals surface area (Å²) in [4.78, 5) is 11.2. The highest BCUT2D eigenvalue weighted by Crippen LogP contribution is 2.01. The molecular weight excluding hydrogens is 184 g/mol. The summed E-state index contributed by atoms with van der Waals surface area (Å²) in [6.07, 6.45) is 1.60. The molecule has 0 aromatic rings. The quantitative estimate of drug-likeness (QED) is 0.343. The fourth-order valence-corrected chi connectivity index (χ4v) is 0.922. The minimum Gasteiger partial charge on any atom is -0.466 e. The first-order valence-electron chi connectivity index (χ1n) is 5.04. The molecule has 0 fully saturated rings. The number of rotatable bonds is 8. The maximum atomic E-state index is 11.2. The van der Waals surface area contributed by atoms with Crippen molar-refractivity contribution in [2.75, 3.05) is 20.3 Å². The van der Waals surface area contributed by atoms with E-state index in [1.54, 1.807) is 0 Å². The van der Waals surface area contributed by atoms with Crippen LogP contribution in [0.3, 0.4) is 0 Å². The topological polar surface area (TPSA) is 44.8 Å². The fraction of sp³-hybridized carbons (Fsp3) is 0.900. The molecule has 0 aromatic heterocycles. The van der Waals surface area contributed by atoms with Crippen molar-refractivity contribution in [2.24, 2.45) is 0 Å². The number of carbonyl (C=O) groups is 1. The predicted octanol–water partition coefficient (Wildman–Crippen LogP) is 1.73. The van der Waals surface area contributed by atoms with Crippen molar-refractivity contribution in [3.05, 3.63) is 0 Å². The van der Waals surface area contributed by atoms with E-state index in [9.17, 15) is 4.79 Å². The van der Waals surface area contributed by atoms with Gasteiger partial charge in [-0.05, 0) is 13.3 Å². The summed E-state index contributed by atoms with van der Waals surface area (Å²) in [7, 11) is 1.51. The monoisotopic (exact) mass is 204 g/mol. The Morgan fingerprint density at radius 1 is 1.36 bits per heavy atom. The minimum absolute atomic E-state index is 0.161. The number of ether oxygens (including phenoxy) is 3. The maximum Gasteiger partial charge on any atom is 0.310 e. The van der Waals surface area contributed by atoms with E-state index in [0.29, 0.717) is 13.2 Å². The van der Waals surface area contributed by atoms with Gasteiger partial charge in [0.25, 0.3) is 0 Å². The van der Waals surface area contributed by atoms with Gasteiger partial charge in [0, 0.05) is 13.7 Å². The van der Waals surface area contributed by atoms with E-state index in [1.807, 2.05) is 13.8 Å². The Balaban J connectivity index is 3.56. The van der Waals surface area contributed by atoms with E-state index in [0.717, 1.165) is 12.8 Å². The molecule has 0 aliphatic rings. The highest BCUT2D eigenvalue weighted by molar-refractivity contribution is 5.69. The Morgan fingerprint density at radius 2 is 2.07 bits per heavy atom. The third-order valence-corrected chi connectivity index (χ3v) is 1.71. The molecule has 84 valence electrons. The summed E-state index contributed by atoms with van der Waals surface area (Å²) in [5, 5.41) is 0. The lowest BCUT2D eigenvalue weighted by atomic mass is 10.3. The zero-order chi connectivity index (χ0) is 10.8. The Labute approximate surface area is 85.5 Å². The lowest BCUT2D eigenvalue weighted by molar-refractivity contribution is -0.163. The molecule has 0 aromatic carbocycles. The van der Waals surface area contributed by atoms with Crippen molar-refractivity contribution in [1.82, 2.24) is 0 Å².